The highest BCUT2D eigenvalue weighted by atomic mass is 35.5. The molecule has 7 rings (SSSR count). The van der Waals surface area contributed by atoms with Gasteiger partial charge in [0.25, 0.3) is 5.91 Å². The Balaban J connectivity index is 1.16. The zero-order valence-electron chi connectivity index (χ0n) is 28.6. The van der Waals surface area contributed by atoms with E-state index in [9.17, 15) is 14.0 Å². The predicted octanol–water partition coefficient (Wildman–Crippen LogP) is 6.30. The number of fused-ring (bicyclic) bond motifs is 1. The number of rotatable bonds is 10. The average molecular weight is 700 g/mol. The number of hydrogen-bond acceptors (Lipinski definition) is 7. The minimum atomic E-state index is -0.799. The first kappa shape index (κ1) is 34.2. The van der Waals surface area contributed by atoms with Gasteiger partial charge >= 0.3 is 0 Å². The van der Waals surface area contributed by atoms with E-state index in [4.69, 9.17) is 21.1 Å². The van der Waals surface area contributed by atoms with E-state index in [0.29, 0.717) is 25.6 Å². The minimum absolute atomic E-state index is 0.0339. The highest BCUT2D eigenvalue weighted by Crippen LogP contribution is 2.38. The van der Waals surface area contributed by atoms with Crippen LogP contribution in [0, 0.1) is 5.82 Å². The Bertz CT molecular complexity index is 1830. The summed E-state index contributed by atoms with van der Waals surface area (Å²) in [4.78, 5) is 35.0. The van der Waals surface area contributed by atoms with Crippen LogP contribution in [-0.2, 0) is 22.4 Å². The number of carbonyl (C=O) groups excluding carboxylic acids is 2. The highest BCUT2D eigenvalue weighted by molar-refractivity contribution is 6.30. The van der Waals surface area contributed by atoms with Gasteiger partial charge < -0.3 is 24.2 Å². The summed E-state index contributed by atoms with van der Waals surface area (Å²) in [5, 5.41) is 4.25. The molecule has 3 aliphatic heterocycles. The van der Waals surface area contributed by atoms with Gasteiger partial charge in [-0.3, -0.25) is 9.59 Å². The molecule has 3 aromatic carbocycles. The van der Waals surface area contributed by atoms with E-state index in [0.717, 1.165) is 73.5 Å². The van der Waals surface area contributed by atoms with E-state index in [1.54, 1.807) is 17.0 Å². The van der Waals surface area contributed by atoms with Gasteiger partial charge in [0.1, 0.15) is 24.1 Å². The smallest absolute Gasteiger partial charge is 0.257 e. The largest absolute Gasteiger partial charge is 0.491 e. The molecular formula is C39H43ClFN5O4. The molecule has 50 heavy (non-hydrogen) atoms. The van der Waals surface area contributed by atoms with Crippen molar-refractivity contribution in [2.75, 3.05) is 51.8 Å². The lowest BCUT2D eigenvalue weighted by atomic mass is 9.86. The van der Waals surface area contributed by atoms with Crippen LogP contribution in [0.2, 0.25) is 5.02 Å². The maximum absolute atomic E-state index is 14.8. The fourth-order valence-corrected chi connectivity index (χ4v) is 7.67. The van der Waals surface area contributed by atoms with Gasteiger partial charge in [-0.1, -0.05) is 41.9 Å². The van der Waals surface area contributed by atoms with Crippen LogP contribution in [0.1, 0.15) is 58.8 Å². The predicted molar refractivity (Wildman–Crippen MR) is 191 cm³/mol. The summed E-state index contributed by atoms with van der Waals surface area (Å²) >= 11 is 6.02. The molecule has 3 aliphatic rings. The van der Waals surface area contributed by atoms with Gasteiger partial charge in [-0.25, -0.2) is 9.07 Å². The molecule has 9 nitrogen and oxygen atoms in total. The van der Waals surface area contributed by atoms with Crippen molar-refractivity contribution in [1.29, 1.82) is 0 Å². The summed E-state index contributed by atoms with van der Waals surface area (Å²) in [7, 11) is 4.27. The third-order valence-corrected chi connectivity index (χ3v) is 10.6. The Morgan fingerprint density at radius 3 is 2.50 bits per heavy atom. The number of piperidine rings is 1. The summed E-state index contributed by atoms with van der Waals surface area (Å²) < 4.78 is 27.7. The van der Waals surface area contributed by atoms with Gasteiger partial charge in [0.05, 0.1) is 22.9 Å². The standard InChI is InChI=1S/C39H43ClFN5O4/c1-43(2)28-15-18-44(19-16-28)34-9-3-7-32-31(34)17-20-45(39(48)27-23-42-46(24-27)35-10-4-8-33(40)37(35)41)38(32)36(47)22-26-11-13-29(14-12-26)50-25-30-6-5-21-49-30/h3-4,7-14,23-24,28,30,38H,5-6,15-22,25H2,1-2H3. The number of amides is 1. The van der Waals surface area contributed by atoms with Crippen LogP contribution in [0.5, 0.6) is 5.75 Å². The van der Waals surface area contributed by atoms with Crippen LogP contribution < -0.4 is 9.64 Å². The Morgan fingerprint density at radius 2 is 1.76 bits per heavy atom. The van der Waals surface area contributed by atoms with Gasteiger partial charge in [0, 0.05) is 50.6 Å². The van der Waals surface area contributed by atoms with Gasteiger partial charge in [0.15, 0.2) is 11.6 Å². The number of Topliss-reactive ketones (excluding diaryl/α,β-unsaturated/α-hetero) is 1. The van der Waals surface area contributed by atoms with Crippen molar-refractivity contribution in [1.82, 2.24) is 19.6 Å². The topological polar surface area (TPSA) is 80.1 Å². The van der Waals surface area contributed by atoms with E-state index in [-0.39, 0.29) is 40.5 Å². The number of benzene rings is 3. The molecular weight excluding hydrogens is 657 g/mol. The second-order valence-corrected chi connectivity index (χ2v) is 14.1. The third-order valence-electron chi connectivity index (χ3n) is 10.3. The molecule has 1 amide bonds. The average Bonchev–Trinajstić information content (AvgIpc) is 3.85. The van der Waals surface area contributed by atoms with Crippen LogP contribution in [-0.4, -0.2) is 90.4 Å². The van der Waals surface area contributed by atoms with Crippen LogP contribution in [0.3, 0.4) is 0 Å². The second kappa shape index (κ2) is 14.9. The zero-order chi connectivity index (χ0) is 34.8. The molecule has 2 atom stereocenters. The zero-order valence-corrected chi connectivity index (χ0v) is 29.3. The van der Waals surface area contributed by atoms with Crippen molar-refractivity contribution in [3.8, 4) is 11.4 Å². The number of ketones is 1. The molecule has 0 radical (unpaired) electrons. The Kier molecular flexibility index (Phi) is 10.2. The Labute approximate surface area is 297 Å². The molecule has 262 valence electrons. The lowest BCUT2D eigenvalue weighted by Gasteiger charge is -2.41. The summed E-state index contributed by atoms with van der Waals surface area (Å²) in [5.41, 5.74) is 4.35. The van der Waals surface area contributed by atoms with Gasteiger partial charge in [0.2, 0.25) is 0 Å². The number of ether oxygens (including phenoxy) is 2. The van der Waals surface area contributed by atoms with Gasteiger partial charge in [-0.15, -0.1) is 0 Å². The fourth-order valence-electron chi connectivity index (χ4n) is 7.50. The first-order valence-electron chi connectivity index (χ1n) is 17.5. The third kappa shape index (κ3) is 7.15. The van der Waals surface area contributed by atoms with Crippen molar-refractivity contribution in [2.45, 2.75) is 56.7 Å². The van der Waals surface area contributed by atoms with Crippen molar-refractivity contribution in [2.24, 2.45) is 0 Å². The van der Waals surface area contributed by atoms with E-state index < -0.39 is 11.9 Å². The minimum Gasteiger partial charge on any atom is -0.491 e. The molecule has 11 heteroatoms. The van der Waals surface area contributed by atoms with Crippen LogP contribution in [0.4, 0.5) is 10.1 Å². The Morgan fingerprint density at radius 1 is 1.00 bits per heavy atom. The monoisotopic (exact) mass is 699 g/mol. The first-order valence-corrected chi connectivity index (χ1v) is 17.8. The molecule has 4 aromatic rings. The molecule has 0 saturated carbocycles. The molecule has 0 aliphatic carbocycles. The SMILES string of the molecule is CN(C)C1CCN(c2cccc3c2CCN(C(=O)c2cnn(-c4cccc(Cl)c4F)c2)C3C(=O)Cc2ccc(OCC3CCCO3)cc2)CC1. The molecule has 2 saturated heterocycles. The van der Waals surface area contributed by atoms with Crippen LogP contribution in [0.15, 0.2) is 73.1 Å². The van der Waals surface area contributed by atoms with Crippen molar-refractivity contribution < 1.29 is 23.5 Å². The number of anilines is 1. The molecule has 4 heterocycles. The first-order chi connectivity index (χ1) is 24.3. The fraction of sp³-hybridized carbons (Fsp3) is 0.410. The number of aromatic nitrogens is 2. The molecule has 2 fully saturated rings. The number of hydrogen-bond donors (Lipinski definition) is 0. The van der Waals surface area contributed by atoms with E-state index in [1.165, 1.54) is 23.1 Å². The number of halogens is 2. The van der Waals surface area contributed by atoms with E-state index in [2.05, 4.69) is 35.1 Å². The van der Waals surface area contributed by atoms with Crippen LogP contribution in [0.25, 0.3) is 5.69 Å². The molecule has 0 N–H and O–H groups in total. The molecule has 0 spiro atoms. The number of nitrogens with zero attached hydrogens (tertiary/aromatic N) is 5. The molecule has 0 bridgehead atoms. The van der Waals surface area contributed by atoms with Crippen molar-refractivity contribution in [3.63, 3.8) is 0 Å². The van der Waals surface area contributed by atoms with Crippen LogP contribution >= 0.6 is 11.6 Å². The quantitative estimate of drug-likeness (QED) is 0.192. The molecule has 1 aromatic heterocycles. The summed E-state index contributed by atoms with van der Waals surface area (Å²) in [6.45, 7) is 3.50. The highest BCUT2D eigenvalue weighted by Gasteiger charge is 2.38. The van der Waals surface area contributed by atoms with Gasteiger partial charge in [-0.05, 0) is 93.2 Å². The number of carbonyl (C=O) groups is 2. The summed E-state index contributed by atoms with van der Waals surface area (Å²) in [6, 6.07) is 18.1. The maximum Gasteiger partial charge on any atom is 0.257 e. The lowest BCUT2D eigenvalue weighted by Crippen LogP contribution is -2.45. The van der Waals surface area contributed by atoms with E-state index >= 15 is 0 Å². The lowest BCUT2D eigenvalue weighted by molar-refractivity contribution is -0.123. The van der Waals surface area contributed by atoms with Gasteiger partial charge in [-0.2, -0.15) is 5.10 Å². The summed E-state index contributed by atoms with van der Waals surface area (Å²) in [6.07, 6.45) is 7.97. The van der Waals surface area contributed by atoms with Crippen molar-refractivity contribution >= 4 is 29.0 Å². The molecule has 2 unspecified atom stereocenters. The maximum atomic E-state index is 14.8. The van der Waals surface area contributed by atoms with E-state index in [1.807, 2.05) is 36.4 Å². The Hall–Kier alpha value is -4.25. The summed E-state index contributed by atoms with van der Waals surface area (Å²) in [5.74, 6) is -0.309. The second-order valence-electron chi connectivity index (χ2n) is 13.7. The normalized spacial score (nSPS) is 19.5. The van der Waals surface area contributed by atoms with Crippen molar-refractivity contribution in [3.05, 3.63) is 106 Å².